The Morgan fingerprint density at radius 1 is 1.27 bits per heavy atom. The Kier molecular flexibility index (Phi) is 5.03. The van der Waals surface area contributed by atoms with Crippen LogP contribution in [-0.2, 0) is 12.8 Å². The van der Waals surface area contributed by atoms with Gasteiger partial charge in [0.2, 0.25) is 0 Å². The lowest BCUT2D eigenvalue weighted by molar-refractivity contribution is 0.589. The fraction of sp³-hybridized carbons (Fsp3) is 0.667. The largest absolute Gasteiger partial charge is 0.241 e. The van der Waals surface area contributed by atoms with Crippen LogP contribution in [0.1, 0.15) is 38.6 Å². The van der Waals surface area contributed by atoms with Gasteiger partial charge in [-0.1, -0.05) is 27.2 Å². The van der Waals surface area contributed by atoms with E-state index in [0.717, 1.165) is 30.7 Å². The molecule has 0 amide bonds. The van der Waals surface area contributed by atoms with E-state index in [9.17, 15) is 0 Å². The number of aryl methyl sites for hydroxylation is 1. The highest BCUT2D eigenvalue weighted by Gasteiger charge is 2.11. The maximum Gasteiger partial charge on any atom is 0.115 e. The van der Waals surface area contributed by atoms with Crippen molar-refractivity contribution in [2.75, 3.05) is 0 Å². The van der Waals surface area contributed by atoms with Crippen molar-refractivity contribution in [3.05, 3.63) is 23.8 Å². The van der Waals surface area contributed by atoms with Crippen LogP contribution in [0.5, 0.6) is 0 Å². The van der Waals surface area contributed by atoms with E-state index in [0.29, 0.717) is 5.92 Å². The lowest BCUT2D eigenvalue weighted by atomic mass is 10.0. The predicted octanol–water partition coefficient (Wildman–Crippen LogP) is 3.24. The summed E-state index contributed by atoms with van der Waals surface area (Å²) in [6.07, 6.45) is 4.61. The Bertz CT molecular complexity index is 299. The van der Waals surface area contributed by atoms with Crippen molar-refractivity contribution >= 4 is 11.6 Å². The zero-order chi connectivity index (χ0) is 11.3. The van der Waals surface area contributed by atoms with Crippen LogP contribution in [0.4, 0.5) is 0 Å². The molecule has 0 spiro atoms. The van der Waals surface area contributed by atoms with Crippen LogP contribution in [0.15, 0.2) is 12.4 Å². The molecule has 0 aliphatic rings. The number of halogens is 1. The lowest BCUT2D eigenvalue weighted by Gasteiger charge is -2.12. The van der Waals surface area contributed by atoms with Gasteiger partial charge in [0, 0.05) is 23.2 Å². The maximum atomic E-state index is 6.22. The highest BCUT2D eigenvalue weighted by molar-refractivity contribution is 6.20. The van der Waals surface area contributed by atoms with Gasteiger partial charge >= 0.3 is 0 Å². The summed E-state index contributed by atoms with van der Waals surface area (Å²) in [5.41, 5.74) is 2.18. The molecule has 0 N–H and O–H groups in total. The zero-order valence-corrected chi connectivity index (χ0v) is 10.5. The molecular weight excluding hydrogens is 208 g/mol. The van der Waals surface area contributed by atoms with Gasteiger partial charge in [-0.3, -0.25) is 0 Å². The van der Waals surface area contributed by atoms with Gasteiger partial charge in [0.15, 0.2) is 0 Å². The monoisotopic (exact) mass is 226 g/mol. The Morgan fingerprint density at radius 2 is 1.93 bits per heavy atom. The molecule has 0 aliphatic heterocycles. The molecule has 1 heterocycles. The van der Waals surface area contributed by atoms with Gasteiger partial charge in [-0.05, 0) is 18.4 Å². The Hall–Kier alpha value is -0.630. The number of hydrogen-bond donors (Lipinski definition) is 0. The van der Waals surface area contributed by atoms with E-state index in [1.54, 1.807) is 6.33 Å². The summed E-state index contributed by atoms with van der Waals surface area (Å²) in [6, 6.07) is 2.07. The molecule has 1 unspecified atom stereocenters. The van der Waals surface area contributed by atoms with Crippen LogP contribution < -0.4 is 0 Å². The van der Waals surface area contributed by atoms with Crippen molar-refractivity contribution in [1.29, 1.82) is 0 Å². The maximum absolute atomic E-state index is 6.22. The molecule has 1 aromatic heterocycles. The van der Waals surface area contributed by atoms with E-state index in [2.05, 4.69) is 36.8 Å². The minimum Gasteiger partial charge on any atom is -0.241 e. The third-order valence-corrected chi connectivity index (χ3v) is 3.07. The molecule has 2 nitrogen and oxygen atoms in total. The van der Waals surface area contributed by atoms with Crippen LogP contribution in [0, 0.1) is 5.92 Å². The lowest BCUT2D eigenvalue weighted by Crippen LogP contribution is -2.12. The van der Waals surface area contributed by atoms with E-state index >= 15 is 0 Å². The van der Waals surface area contributed by atoms with E-state index < -0.39 is 0 Å². The summed E-state index contributed by atoms with van der Waals surface area (Å²) in [5, 5.41) is 0.161. The topological polar surface area (TPSA) is 25.8 Å². The molecule has 0 saturated carbocycles. The number of rotatable bonds is 5. The van der Waals surface area contributed by atoms with E-state index in [1.165, 1.54) is 0 Å². The van der Waals surface area contributed by atoms with Gasteiger partial charge in [-0.25, -0.2) is 9.97 Å². The number of nitrogens with zero attached hydrogens (tertiary/aromatic N) is 2. The number of aromatic nitrogens is 2. The fourth-order valence-corrected chi connectivity index (χ4v) is 1.54. The summed E-state index contributed by atoms with van der Waals surface area (Å²) in [5.74, 6) is 0.483. The Morgan fingerprint density at radius 3 is 2.53 bits per heavy atom. The molecule has 0 aliphatic carbocycles. The van der Waals surface area contributed by atoms with Crippen LogP contribution in [0.3, 0.4) is 0 Å². The average molecular weight is 227 g/mol. The Labute approximate surface area is 97.1 Å². The summed E-state index contributed by atoms with van der Waals surface area (Å²) in [6.45, 7) is 6.41. The molecule has 0 fully saturated rings. The molecule has 0 saturated heterocycles. The number of hydrogen-bond acceptors (Lipinski definition) is 2. The smallest absolute Gasteiger partial charge is 0.115 e. The molecule has 3 heteroatoms. The van der Waals surface area contributed by atoms with Gasteiger partial charge in [-0.15, -0.1) is 11.6 Å². The standard InChI is InChI=1S/C12H19ClN2/c1-4-5-10-6-11(15-8-14-10)7-12(13)9(2)3/h6,8-9,12H,4-5,7H2,1-3H3. The van der Waals surface area contributed by atoms with Crippen molar-refractivity contribution in [2.24, 2.45) is 5.92 Å². The first kappa shape index (κ1) is 12.4. The van der Waals surface area contributed by atoms with Gasteiger partial charge in [-0.2, -0.15) is 0 Å². The van der Waals surface area contributed by atoms with Gasteiger partial charge in [0.25, 0.3) is 0 Å². The minimum atomic E-state index is 0.161. The van der Waals surface area contributed by atoms with Crippen molar-refractivity contribution < 1.29 is 0 Å². The second-order valence-corrected chi connectivity index (χ2v) is 4.78. The van der Waals surface area contributed by atoms with Crippen molar-refractivity contribution in [3.63, 3.8) is 0 Å². The van der Waals surface area contributed by atoms with Crippen molar-refractivity contribution in [1.82, 2.24) is 9.97 Å². The first-order valence-electron chi connectivity index (χ1n) is 5.57. The summed E-state index contributed by atoms with van der Waals surface area (Å²) in [7, 11) is 0. The highest BCUT2D eigenvalue weighted by Crippen LogP contribution is 2.15. The third-order valence-electron chi connectivity index (χ3n) is 2.41. The first-order chi connectivity index (χ1) is 7.13. The normalized spacial score (nSPS) is 13.1. The van der Waals surface area contributed by atoms with Crippen molar-refractivity contribution in [2.45, 2.75) is 45.4 Å². The molecule has 1 atom stereocenters. The first-order valence-corrected chi connectivity index (χ1v) is 6.01. The summed E-state index contributed by atoms with van der Waals surface area (Å²) < 4.78 is 0. The minimum absolute atomic E-state index is 0.161. The van der Waals surface area contributed by atoms with Crippen LogP contribution in [0.2, 0.25) is 0 Å². The molecule has 0 radical (unpaired) electrons. The highest BCUT2D eigenvalue weighted by atomic mass is 35.5. The van der Waals surface area contributed by atoms with Gasteiger partial charge in [0.1, 0.15) is 6.33 Å². The molecular formula is C12H19ClN2. The molecule has 0 bridgehead atoms. The Balaban J connectivity index is 2.64. The zero-order valence-electron chi connectivity index (χ0n) is 9.70. The fourth-order valence-electron chi connectivity index (χ4n) is 1.38. The van der Waals surface area contributed by atoms with E-state index in [-0.39, 0.29) is 5.38 Å². The van der Waals surface area contributed by atoms with E-state index in [1.807, 2.05) is 0 Å². The quantitative estimate of drug-likeness (QED) is 0.721. The average Bonchev–Trinajstić information content (AvgIpc) is 2.18. The molecule has 1 rings (SSSR count). The van der Waals surface area contributed by atoms with Crippen LogP contribution in [0.25, 0.3) is 0 Å². The van der Waals surface area contributed by atoms with Crippen LogP contribution >= 0.6 is 11.6 Å². The van der Waals surface area contributed by atoms with Crippen molar-refractivity contribution in [3.8, 4) is 0 Å². The third kappa shape index (κ3) is 4.17. The number of alkyl halides is 1. The van der Waals surface area contributed by atoms with Gasteiger partial charge < -0.3 is 0 Å². The second kappa shape index (κ2) is 6.06. The molecule has 0 aromatic carbocycles. The SMILES string of the molecule is CCCc1cc(CC(Cl)C(C)C)ncn1. The van der Waals surface area contributed by atoms with Crippen LogP contribution in [-0.4, -0.2) is 15.3 Å². The molecule has 15 heavy (non-hydrogen) atoms. The summed E-state index contributed by atoms with van der Waals surface area (Å²) in [4.78, 5) is 8.48. The molecule has 1 aromatic rings. The second-order valence-electron chi connectivity index (χ2n) is 4.21. The van der Waals surface area contributed by atoms with Gasteiger partial charge in [0.05, 0.1) is 0 Å². The molecule has 84 valence electrons. The predicted molar refractivity (Wildman–Crippen MR) is 64.2 cm³/mol. The van der Waals surface area contributed by atoms with E-state index in [4.69, 9.17) is 11.6 Å². The summed E-state index contributed by atoms with van der Waals surface area (Å²) >= 11 is 6.22.